The monoisotopic (exact) mass is 396 g/mol. The Kier molecular flexibility index (Phi) is 32.6. The van der Waals surface area contributed by atoms with Gasteiger partial charge in [0.15, 0.2) is 0 Å². The van der Waals surface area contributed by atoms with Crippen LogP contribution < -0.4 is 0 Å². The van der Waals surface area contributed by atoms with E-state index in [0.29, 0.717) is 66.1 Å². The topological polar surface area (TPSA) is 64.6 Å². The van der Waals surface area contributed by atoms with E-state index in [1.807, 2.05) is 0 Å². The van der Waals surface area contributed by atoms with Gasteiger partial charge in [0, 0.05) is 27.4 Å². The van der Waals surface area contributed by atoms with Gasteiger partial charge < -0.3 is 33.2 Å². The molecule has 0 saturated carbocycles. The van der Waals surface area contributed by atoms with Gasteiger partial charge in [-0.25, -0.2) is 0 Å². The van der Waals surface area contributed by atoms with Crippen LogP contribution in [0.5, 0.6) is 0 Å². The van der Waals surface area contributed by atoms with E-state index in [0.717, 1.165) is 26.1 Å². The van der Waals surface area contributed by atoms with Crippen LogP contribution in [0, 0.1) is 0 Å². The predicted octanol–water partition coefficient (Wildman–Crippen LogP) is 2.95. The molecule has 0 aliphatic rings. The first-order valence-electron chi connectivity index (χ1n) is 10.2. The molecule has 0 N–H and O–H groups in total. The van der Waals surface area contributed by atoms with Crippen LogP contribution in [-0.4, -0.2) is 93.5 Å². The van der Waals surface area contributed by atoms with E-state index >= 15 is 0 Å². The molecule has 166 valence electrons. The van der Waals surface area contributed by atoms with Crippen LogP contribution in [0.25, 0.3) is 0 Å². The molecule has 0 aromatic rings. The average Bonchev–Trinajstić information content (AvgIpc) is 2.69. The maximum Gasteiger partial charge on any atom is 0.0701 e. The largest absolute Gasteiger partial charge is 0.382 e. The molecule has 7 nitrogen and oxygen atoms in total. The summed E-state index contributed by atoms with van der Waals surface area (Å²) in [4.78, 5) is 0. The maximum absolute atomic E-state index is 5.35. The van der Waals surface area contributed by atoms with Gasteiger partial charge in [0.05, 0.1) is 66.1 Å². The summed E-state index contributed by atoms with van der Waals surface area (Å²) in [5, 5.41) is 0. The second-order valence-corrected chi connectivity index (χ2v) is 5.75. The van der Waals surface area contributed by atoms with Crippen molar-refractivity contribution in [2.24, 2.45) is 0 Å². The van der Waals surface area contributed by atoms with Crippen LogP contribution in [0.3, 0.4) is 0 Å². The Balaban J connectivity index is 0. The van der Waals surface area contributed by atoms with Crippen molar-refractivity contribution in [1.82, 2.24) is 0 Å². The molecule has 0 radical (unpaired) electrons. The summed E-state index contributed by atoms with van der Waals surface area (Å²) in [6, 6.07) is 0. The van der Waals surface area contributed by atoms with Crippen LogP contribution in [-0.2, 0) is 33.2 Å². The Labute approximate surface area is 166 Å². The number of methoxy groups -OCH3 is 2. The number of ether oxygens (including phenoxy) is 7. The molecule has 0 spiro atoms. The van der Waals surface area contributed by atoms with Crippen LogP contribution >= 0.6 is 0 Å². The maximum atomic E-state index is 5.35. The van der Waals surface area contributed by atoms with E-state index in [4.69, 9.17) is 33.2 Å². The number of hydrogen-bond donors (Lipinski definition) is 0. The molecule has 0 aliphatic heterocycles. The average molecular weight is 397 g/mol. The third-order valence-corrected chi connectivity index (χ3v) is 3.26. The summed E-state index contributed by atoms with van der Waals surface area (Å²) in [5.41, 5.74) is 0. The summed E-state index contributed by atoms with van der Waals surface area (Å²) in [7, 11) is 3.30. The molecule has 0 atom stereocenters. The van der Waals surface area contributed by atoms with Crippen LogP contribution in [0.1, 0.15) is 39.5 Å². The van der Waals surface area contributed by atoms with Gasteiger partial charge in [-0.1, -0.05) is 26.7 Å². The van der Waals surface area contributed by atoms with Crippen molar-refractivity contribution < 1.29 is 33.2 Å². The van der Waals surface area contributed by atoms with Crippen molar-refractivity contribution in [3.05, 3.63) is 0 Å². The Hall–Kier alpha value is -0.280. The zero-order valence-corrected chi connectivity index (χ0v) is 18.2. The van der Waals surface area contributed by atoms with Crippen LogP contribution in [0.2, 0.25) is 0 Å². The third kappa shape index (κ3) is 33.7. The Morgan fingerprint density at radius 2 is 0.630 bits per heavy atom. The number of hydrogen-bond acceptors (Lipinski definition) is 7. The quantitative estimate of drug-likeness (QED) is 0.276. The molecule has 0 rings (SSSR count). The van der Waals surface area contributed by atoms with Crippen molar-refractivity contribution in [2.45, 2.75) is 39.5 Å². The van der Waals surface area contributed by atoms with Gasteiger partial charge >= 0.3 is 0 Å². The SMILES string of the molecule is CCCCOCCOCCOCCCC.COCCOCCOCCOC. The second kappa shape index (κ2) is 30.4. The molecule has 0 amide bonds. The molecule has 0 fully saturated rings. The van der Waals surface area contributed by atoms with Crippen molar-refractivity contribution in [1.29, 1.82) is 0 Å². The minimum atomic E-state index is 0.618. The Morgan fingerprint density at radius 1 is 0.370 bits per heavy atom. The minimum absolute atomic E-state index is 0.618. The van der Waals surface area contributed by atoms with Crippen molar-refractivity contribution in [2.75, 3.05) is 93.5 Å². The van der Waals surface area contributed by atoms with Gasteiger partial charge in [0.2, 0.25) is 0 Å². The third-order valence-electron chi connectivity index (χ3n) is 3.26. The standard InChI is InChI=1S/C12H26O3.C8H18O4/c1-3-5-7-13-9-11-15-12-10-14-8-6-4-2;1-9-3-5-11-7-8-12-6-4-10-2/h3-12H2,1-2H3;3-8H2,1-2H3. The fraction of sp³-hybridized carbons (Fsp3) is 1.00. The lowest BCUT2D eigenvalue weighted by Crippen LogP contribution is -2.10. The Morgan fingerprint density at radius 3 is 0.889 bits per heavy atom. The smallest absolute Gasteiger partial charge is 0.0701 e. The highest BCUT2D eigenvalue weighted by molar-refractivity contribution is 4.36. The van der Waals surface area contributed by atoms with E-state index in [2.05, 4.69) is 13.8 Å². The number of rotatable bonds is 21. The lowest BCUT2D eigenvalue weighted by molar-refractivity contribution is 0.0106. The molecule has 27 heavy (non-hydrogen) atoms. The first kappa shape index (κ1) is 28.9. The molecule has 7 heteroatoms. The van der Waals surface area contributed by atoms with Gasteiger partial charge in [-0.2, -0.15) is 0 Å². The van der Waals surface area contributed by atoms with Crippen molar-refractivity contribution in [3.8, 4) is 0 Å². The van der Waals surface area contributed by atoms with E-state index in [1.54, 1.807) is 14.2 Å². The molecular formula is C20H44O7. The van der Waals surface area contributed by atoms with E-state index < -0.39 is 0 Å². The molecule has 0 heterocycles. The van der Waals surface area contributed by atoms with E-state index in [1.165, 1.54) is 12.8 Å². The summed E-state index contributed by atoms with van der Waals surface area (Å²) >= 11 is 0. The molecule has 0 unspecified atom stereocenters. The highest BCUT2D eigenvalue weighted by Crippen LogP contribution is 1.89. The van der Waals surface area contributed by atoms with Crippen molar-refractivity contribution in [3.63, 3.8) is 0 Å². The normalized spacial score (nSPS) is 10.7. The minimum Gasteiger partial charge on any atom is -0.382 e. The summed E-state index contributed by atoms with van der Waals surface area (Å²) in [5.74, 6) is 0. The molecule has 0 saturated heterocycles. The van der Waals surface area contributed by atoms with Crippen molar-refractivity contribution >= 4 is 0 Å². The fourth-order valence-electron chi connectivity index (χ4n) is 1.64. The zero-order valence-electron chi connectivity index (χ0n) is 18.2. The van der Waals surface area contributed by atoms with Gasteiger partial charge in [0.25, 0.3) is 0 Å². The first-order chi connectivity index (χ1) is 13.3. The lowest BCUT2D eigenvalue weighted by Gasteiger charge is -2.06. The first-order valence-corrected chi connectivity index (χ1v) is 10.2. The molecule has 0 bridgehead atoms. The van der Waals surface area contributed by atoms with Gasteiger partial charge in [-0.15, -0.1) is 0 Å². The molecule has 0 aromatic heterocycles. The fourth-order valence-corrected chi connectivity index (χ4v) is 1.64. The van der Waals surface area contributed by atoms with Gasteiger partial charge in [0.1, 0.15) is 0 Å². The van der Waals surface area contributed by atoms with Crippen LogP contribution in [0.4, 0.5) is 0 Å². The van der Waals surface area contributed by atoms with Gasteiger partial charge in [-0.05, 0) is 12.8 Å². The summed E-state index contributed by atoms with van der Waals surface area (Å²) in [6.07, 6.45) is 4.65. The molecular weight excluding hydrogens is 352 g/mol. The zero-order chi connectivity index (χ0) is 20.3. The second-order valence-electron chi connectivity index (χ2n) is 5.75. The predicted molar refractivity (Wildman–Crippen MR) is 108 cm³/mol. The van der Waals surface area contributed by atoms with Gasteiger partial charge in [-0.3, -0.25) is 0 Å². The Bertz CT molecular complexity index is 208. The molecule has 0 aromatic carbocycles. The summed E-state index contributed by atoms with van der Waals surface area (Å²) < 4.78 is 36.0. The highest BCUT2D eigenvalue weighted by Gasteiger charge is 1.91. The highest BCUT2D eigenvalue weighted by atomic mass is 16.6. The molecule has 0 aliphatic carbocycles. The summed E-state index contributed by atoms with van der Waals surface area (Å²) in [6.45, 7) is 12.6. The lowest BCUT2D eigenvalue weighted by atomic mass is 10.4. The van der Waals surface area contributed by atoms with Crippen LogP contribution in [0.15, 0.2) is 0 Å². The number of unbranched alkanes of at least 4 members (excludes halogenated alkanes) is 2. The van der Waals surface area contributed by atoms with E-state index in [9.17, 15) is 0 Å². The van der Waals surface area contributed by atoms with E-state index in [-0.39, 0.29) is 0 Å².